The van der Waals surface area contributed by atoms with E-state index in [1.807, 2.05) is 12.3 Å². The van der Waals surface area contributed by atoms with Gasteiger partial charge in [0.1, 0.15) is 0 Å². The summed E-state index contributed by atoms with van der Waals surface area (Å²) in [5.41, 5.74) is 1.43. The summed E-state index contributed by atoms with van der Waals surface area (Å²) in [6.07, 6.45) is 9.35. The summed E-state index contributed by atoms with van der Waals surface area (Å²) >= 11 is 0. The number of hydrogen-bond acceptors (Lipinski definition) is 1. The predicted molar refractivity (Wildman–Crippen MR) is 60.0 cm³/mol. The minimum Gasteiger partial charge on any atom is -0.382 e. The van der Waals surface area contributed by atoms with Gasteiger partial charge in [0.25, 0.3) is 0 Å². The molecular formula is C13H15N. The Morgan fingerprint density at radius 2 is 1.93 bits per heavy atom. The van der Waals surface area contributed by atoms with Crippen molar-refractivity contribution in [3.05, 3.63) is 60.3 Å². The van der Waals surface area contributed by atoms with Crippen LogP contribution in [0, 0.1) is 0 Å². The van der Waals surface area contributed by atoms with Gasteiger partial charge in [-0.05, 0) is 31.2 Å². The first-order valence-corrected chi connectivity index (χ1v) is 4.95. The molecule has 2 rings (SSSR count). The summed E-state index contributed by atoms with van der Waals surface area (Å²) in [5, 5.41) is 3.38. The van der Waals surface area contributed by atoms with Crippen LogP contribution in [0.4, 0.5) is 0 Å². The van der Waals surface area contributed by atoms with Gasteiger partial charge in [-0.3, -0.25) is 0 Å². The van der Waals surface area contributed by atoms with Gasteiger partial charge >= 0.3 is 0 Å². The monoisotopic (exact) mass is 185 g/mol. The smallest absolute Gasteiger partial charge is 0.0565 e. The molecule has 0 aromatic heterocycles. The van der Waals surface area contributed by atoms with E-state index in [-0.39, 0.29) is 5.54 Å². The van der Waals surface area contributed by atoms with Gasteiger partial charge in [0, 0.05) is 0 Å². The first-order valence-electron chi connectivity index (χ1n) is 4.95. The molecule has 72 valence electrons. The van der Waals surface area contributed by atoms with Crippen molar-refractivity contribution in [3.63, 3.8) is 0 Å². The Morgan fingerprint density at radius 1 is 1.14 bits per heavy atom. The van der Waals surface area contributed by atoms with Crippen molar-refractivity contribution in [1.29, 1.82) is 0 Å². The molecular weight excluding hydrogens is 170 g/mol. The molecule has 1 heterocycles. The van der Waals surface area contributed by atoms with Crippen molar-refractivity contribution in [1.82, 2.24) is 5.32 Å². The first-order chi connectivity index (χ1) is 6.79. The number of dihydropyridines is 1. The second kappa shape index (κ2) is 3.70. The molecule has 1 heteroatoms. The standard InChI is InChI=1S/C13H15N/c1-13(9-5-6-10-14-13)11-12-7-3-2-4-8-12/h2-10,14H,11H2,1H3. The maximum absolute atomic E-state index is 3.38. The van der Waals surface area contributed by atoms with Crippen molar-refractivity contribution in [2.24, 2.45) is 0 Å². The first kappa shape index (κ1) is 9.07. The van der Waals surface area contributed by atoms with E-state index in [1.54, 1.807) is 0 Å². The summed E-state index contributed by atoms with van der Waals surface area (Å²) in [5.74, 6) is 0. The Morgan fingerprint density at radius 3 is 2.57 bits per heavy atom. The van der Waals surface area contributed by atoms with E-state index in [0.29, 0.717) is 0 Å². The average molecular weight is 185 g/mol. The highest BCUT2D eigenvalue weighted by Gasteiger charge is 2.20. The summed E-state index contributed by atoms with van der Waals surface area (Å²) in [6.45, 7) is 2.21. The highest BCUT2D eigenvalue weighted by atomic mass is 14.9. The van der Waals surface area contributed by atoms with Gasteiger partial charge in [-0.25, -0.2) is 0 Å². The highest BCUT2D eigenvalue weighted by Crippen LogP contribution is 2.16. The lowest BCUT2D eigenvalue weighted by molar-refractivity contribution is 0.493. The second-order valence-electron chi connectivity index (χ2n) is 3.94. The Labute approximate surface area is 85.2 Å². The maximum atomic E-state index is 3.38. The number of hydrogen-bond donors (Lipinski definition) is 1. The maximum Gasteiger partial charge on any atom is 0.0565 e. The molecule has 1 unspecified atom stereocenters. The lowest BCUT2D eigenvalue weighted by Gasteiger charge is -2.28. The van der Waals surface area contributed by atoms with E-state index >= 15 is 0 Å². The predicted octanol–water partition coefficient (Wildman–Crippen LogP) is 2.66. The molecule has 0 amide bonds. The van der Waals surface area contributed by atoms with E-state index in [0.717, 1.165) is 6.42 Å². The molecule has 1 nitrogen and oxygen atoms in total. The Balaban J connectivity index is 2.11. The van der Waals surface area contributed by atoms with Gasteiger partial charge in [-0.15, -0.1) is 0 Å². The van der Waals surface area contributed by atoms with E-state index in [9.17, 15) is 0 Å². The average Bonchev–Trinajstić information content (AvgIpc) is 2.19. The molecule has 1 aromatic carbocycles. The molecule has 1 N–H and O–H groups in total. The minimum absolute atomic E-state index is 0.0656. The van der Waals surface area contributed by atoms with E-state index in [4.69, 9.17) is 0 Å². The van der Waals surface area contributed by atoms with Crippen LogP contribution in [0.15, 0.2) is 54.8 Å². The second-order valence-corrected chi connectivity index (χ2v) is 3.94. The molecule has 1 aliphatic rings. The number of rotatable bonds is 2. The highest BCUT2D eigenvalue weighted by molar-refractivity contribution is 5.25. The van der Waals surface area contributed by atoms with Gasteiger partial charge in [-0.1, -0.05) is 42.5 Å². The van der Waals surface area contributed by atoms with Crippen molar-refractivity contribution in [2.75, 3.05) is 0 Å². The molecule has 1 atom stereocenters. The van der Waals surface area contributed by atoms with Crippen LogP contribution in [0.3, 0.4) is 0 Å². The molecule has 0 saturated carbocycles. The molecule has 1 aromatic rings. The lowest BCUT2D eigenvalue weighted by atomic mass is 9.91. The Kier molecular flexibility index (Phi) is 2.40. The molecule has 0 radical (unpaired) electrons. The number of nitrogens with one attached hydrogen (secondary N) is 1. The summed E-state index contributed by atoms with van der Waals surface area (Å²) in [6, 6.07) is 10.6. The lowest BCUT2D eigenvalue weighted by Crippen LogP contribution is -2.40. The third-order valence-electron chi connectivity index (χ3n) is 2.50. The van der Waals surface area contributed by atoms with Crippen molar-refractivity contribution >= 4 is 0 Å². The van der Waals surface area contributed by atoms with Crippen molar-refractivity contribution < 1.29 is 0 Å². The fourth-order valence-electron chi connectivity index (χ4n) is 1.74. The van der Waals surface area contributed by atoms with Crippen LogP contribution in [-0.2, 0) is 6.42 Å². The molecule has 14 heavy (non-hydrogen) atoms. The quantitative estimate of drug-likeness (QED) is 0.747. The van der Waals surface area contributed by atoms with E-state index in [2.05, 4.69) is 54.7 Å². The van der Waals surface area contributed by atoms with Crippen LogP contribution in [0.25, 0.3) is 0 Å². The minimum atomic E-state index is 0.0656. The fraction of sp³-hybridized carbons (Fsp3) is 0.231. The number of benzene rings is 1. The van der Waals surface area contributed by atoms with Gasteiger partial charge in [0.05, 0.1) is 5.54 Å². The third-order valence-corrected chi connectivity index (χ3v) is 2.50. The van der Waals surface area contributed by atoms with E-state index < -0.39 is 0 Å². The van der Waals surface area contributed by atoms with Crippen LogP contribution >= 0.6 is 0 Å². The Hall–Kier alpha value is -1.50. The van der Waals surface area contributed by atoms with Gasteiger partial charge in [-0.2, -0.15) is 0 Å². The van der Waals surface area contributed by atoms with Crippen molar-refractivity contribution in [2.45, 2.75) is 18.9 Å². The zero-order valence-electron chi connectivity index (χ0n) is 8.40. The van der Waals surface area contributed by atoms with Gasteiger partial charge < -0.3 is 5.32 Å². The van der Waals surface area contributed by atoms with E-state index in [1.165, 1.54) is 5.56 Å². The number of allylic oxidation sites excluding steroid dienone is 2. The molecule has 0 saturated heterocycles. The summed E-state index contributed by atoms with van der Waals surface area (Å²) in [4.78, 5) is 0. The Bertz CT molecular complexity index is 351. The zero-order valence-corrected chi connectivity index (χ0v) is 8.40. The molecule has 1 aliphatic heterocycles. The van der Waals surface area contributed by atoms with Gasteiger partial charge in [0.15, 0.2) is 0 Å². The van der Waals surface area contributed by atoms with Crippen LogP contribution in [0.5, 0.6) is 0 Å². The van der Waals surface area contributed by atoms with Crippen LogP contribution in [0.1, 0.15) is 12.5 Å². The largest absolute Gasteiger partial charge is 0.382 e. The molecule has 0 fully saturated rings. The fourth-order valence-corrected chi connectivity index (χ4v) is 1.74. The zero-order chi connectivity index (χ0) is 9.86. The van der Waals surface area contributed by atoms with Crippen LogP contribution < -0.4 is 5.32 Å². The van der Waals surface area contributed by atoms with Crippen molar-refractivity contribution in [3.8, 4) is 0 Å². The van der Waals surface area contributed by atoms with Crippen LogP contribution in [-0.4, -0.2) is 5.54 Å². The SMILES string of the molecule is CC1(Cc2ccccc2)C=CC=CN1. The van der Waals surface area contributed by atoms with Crippen LogP contribution in [0.2, 0.25) is 0 Å². The molecule has 0 bridgehead atoms. The molecule has 0 spiro atoms. The summed E-state index contributed by atoms with van der Waals surface area (Å²) < 4.78 is 0. The topological polar surface area (TPSA) is 12.0 Å². The summed E-state index contributed by atoms with van der Waals surface area (Å²) in [7, 11) is 0. The normalized spacial score (nSPS) is 24.6. The van der Waals surface area contributed by atoms with Gasteiger partial charge in [0.2, 0.25) is 0 Å². The molecule has 0 aliphatic carbocycles. The third kappa shape index (κ3) is 2.05.